The molecule has 0 fully saturated rings. The minimum atomic E-state index is -0.538. The third-order valence-corrected chi connectivity index (χ3v) is 3.91. The largest absolute Gasteiger partial charge is 0.496 e. The molecule has 0 spiro atoms. The van der Waals surface area contributed by atoms with Crippen LogP contribution in [-0.2, 0) is 18.9 Å². The van der Waals surface area contributed by atoms with E-state index in [0.717, 1.165) is 22.1 Å². The Morgan fingerprint density at radius 2 is 1.33 bits per heavy atom. The van der Waals surface area contributed by atoms with E-state index in [4.69, 9.17) is 35.2 Å². The number of benzene rings is 2. The van der Waals surface area contributed by atoms with E-state index >= 15 is 0 Å². The molecule has 7 nitrogen and oxygen atoms in total. The highest BCUT2D eigenvalue weighted by molar-refractivity contribution is 5.91. The SMILES string of the molecule is COc1ccc(C(OCCOCCN)OCCOCCN)c2ccccc12. The fourth-order valence-electron chi connectivity index (χ4n) is 2.70. The van der Waals surface area contributed by atoms with E-state index in [2.05, 4.69) is 0 Å². The van der Waals surface area contributed by atoms with E-state index in [1.54, 1.807) is 7.11 Å². The minimum absolute atomic E-state index is 0.397. The van der Waals surface area contributed by atoms with Crippen LogP contribution < -0.4 is 16.2 Å². The van der Waals surface area contributed by atoms with Crippen molar-refractivity contribution in [1.82, 2.24) is 0 Å². The van der Waals surface area contributed by atoms with Crippen molar-refractivity contribution in [1.29, 1.82) is 0 Å². The lowest BCUT2D eigenvalue weighted by Crippen LogP contribution is -2.18. The molecule has 0 atom stereocenters. The molecular formula is C20H30N2O5. The maximum absolute atomic E-state index is 5.95. The van der Waals surface area contributed by atoms with Gasteiger partial charge >= 0.3 is 0 Å². The lowest BCUT2D eigenvalue weighted by Gasteiger charge is -2.21. The topological polar surface area (TPSA) is 98.2 Å². The van der Waals surface area contributed by atoms with Gasteiger partial charge in [0.2, 0.25) is 0 Å². The van der Waals surface area contributed by atoms with E-state index in [1.807, 2.05) is 36.4 Å². The van der Waals surface area contributed by atoms with Gasteiger partial charge in [0.1, 0.15) is 5.75 Å². The second-order valence-electron chi connectivity index (χ2n) is 5.78. The first-order chi connectivity index (χ1) is 13.3. The van der Waals surface area contributed by atoms with Crippen molar-refractivity contribution >= 4 is 10.8 Å². The molecule has 4 N–H and O–H groups in total. The van der Waals surface area contributed by atoms with Crippen LogP contribution >= 0.6 is 0 Å². The predicted molar refractivity (Wildman–Crippen MR) is 105 cm³/mol. The molecule has 2 aromatic carbocycles. The Morgan fingerprint density at radius 3 is 1.89 bits per heavy atom. The third kappa shape index (κ3) is 6.73. The summed E-state index contributed by atoms with van der Waals surface area (Å²) in [4.78, 5) is 0. The highest BCUT2D eigenvalue weighted by Crippen LogP contribution is 2.33. The van der Waals surface area contributed by atoms with Crippen LogP contribution in [0.3, 0.4) is 0 Å². The molecule has 0 heterocycles. The van der Waals surface area contributed by atoms with Crippen molar-refractivity contribution in [2.45, 2.75) is 6.29 Å². The molecule has 0 aromatic heterocycles. The van der Waals surface area contributed by atoms with Crippen LogP contribution in [0.2, 0.25) is 0 Å². The first kappa shape index (κ1) is 21.6. The minimum Gasteiger partial charge on any atom is -0.496 e. The molecule has 0 unspecified atom stereocenters. The maximum atomic E-state index is 5.95. The molecule has 0 radical (unpaired) electrons. The van der Waals surface area contributed by atoms with Gasteiger partial charge in [0.25, 0.3) is 0 Å². The molecule has 0 amide bonds. The third-order valence-electron chi connectivity index (χ3n) is 3.91. The monoisotopic (exact) mass is 378 g/mol. The maximum Gasteiger partial charge on any atom is 0.184 e. The van der Waals surface area contributed by atoms with Crippen molar-refractivity contribution in [3.63, 3.8) is 0 Å². The van der Waals surface area contributed by atoms with Crippen LogP contribution in [0.4, 0.5) is 0 Å². The molecule has 150 valence electrons. The van der Waals surface area contributed by atoms with Crippen molar-refractivity contribution in [2.75, 3.05) is 59.8 Å². The Kier molecular flexibility index (Phi) is 10.1. The molecule has 2 aromatic rings. The predicted octanol–water partition coefficient (Wildman–Crippen LogP) is 1.83. The summed E-state index contributed by atoms with van der Waals surface area (Å²) < 4.78 is 28.1. The van der Waals surface area contributed by atoms with Crippen LogP contribution in [0, 0.1) is 0 Å². The van der Waals surface area contributed by atoms with E-state index in [1.165, 1.54) is 0 Å². The molecular weight excluding hydrogens is 348 g/mol. The lowest BCUT2D eigenvalue weighted by molar-refractivity contribution is -0.161. The number of hydrogen-bond donors (Lipinski definition) is 2. The first-order valence-electron chi connectivity index (χ1n) is 9.16. The number of methoxy groups -OCH3 is 1. The summed E-state index contributed by atoms with van der Waals surface area (Å²) in [5.41, 5.74) is 11.8. The van der Waals surface area contributed by atoms with Gasteiger partial charge in [-0.1, -0.05) is 24.3 Å². The molecule has 0 aliphatic heterocycles. The number of rotatable bonds is 14. The summed E-state index contributed by atoms with van der Waals surface area (Å²) in [7, 11) is 1.66. The molecule has 0 saturated carbocycles. The zero-order valence-electron chi connectivity index (χ0n) is 15.9. The first-order valence-corrected chi connectivity index (χ1v) is 9.16. The molecule has 0 aliphatic carbocycles. The zero-order chi connectivity index (χ0) is 19.3. The van der Waals surface area contributed by atoms with Gasteiger partial charge in [-0.3, -0.25) is 0 Å². The number of fused-ring (bicyclic) bond motifs is 1. The van der Waals surface area contributed by atoms with E-state index in [9.17, 15) is 0 Å². The summed E-state index contributed by atoms with van der Waals surface area (Å²) >= 11 is 0. The second kappa shape index (κ2) is 12.6. The molecule has 2 rings (SSSR count). The van der Waals surface area contributed by atoms with Crippen LogP contribution in [-0.4, -0.2) is 59.8 Å². The smallest absolute Gasteiger partial charge is 0.184 e. The average molecular weight is 378 g/mol. The van der Waals surface area contributed by atoms with E-state index in [0.29, 0.717) is 52.7 Å². The lowest BCUT2D eigenvalue weighted by atomic mass is 10.0. The fourth-order valence-corrected chi connectivity index (χ4v) is 2.70. The molecule has 0 aliphatic rings. The average Bonchev–Trinajstić information content (AvgIpc) is 2.71. The Hall–Kier alpha value is -1.74. The Morgan fingerprint density at radius 1 is 0.741 bits per heavy atom. The van der Waals surface area contributed by atoms with E-state index in [-0.39, 0.29) is 0 Å². The Labute approximate surface area is 160 Å². The van der Waals surface area contributed by atoms with Gasteiger partial charge in [0, 0.05) is 24.0 Å². The molecule has 27 heavy (non-hydrogen) atoms. The van der Waals surface area contributed by atoms with Crippen LogP contribution in [0.5, 0.6) is 5.75 Å². The van der Waals surface area contributed by atoms with Crippen molar-refractivity contribution < 1.29 is 23.7 Å². The summed E-state index contributed by atoms with van der Waals surface area (Å²) in [5, 5.41) is 2.03. The van der Waals surface area contributed by atoms with Gasteiger partial charge in [0.05, 0.1) is 46.8 Å². The second-order valence-corrected chi connectivity index (χ2v) is 5.78. The summed E-state index contributed by atoms with van der Waals surface area (Å²) in [5.74, 6) is 0.811. The van der Waals surface area contributed by atoms with E-state index < -0.39 is 6.29 Å². The quantitative estimate of drug-likeness (QED) is 0.382. The van der Waals surface area contributed by atoms with Crippen molar-refractivity contribution in [3.8, 4) is 5.75 Å². The Balaban J connectivity index is 2.12. The van der Waals surface area contributed by atoms with Crippen LogP contribution in [0.1, 0.15) is 11.9 Å². The van der Waals surface area contributed by atoms with Gasteiger partial charge < -0.3 is 35.2 Å². The molecule has 0 bridgehead atoms. The number of nitrogens with two attached hydrogens (primary N) is 2. The summed E-state index contributed by atoms with van der Waals surface area (Å²) in [6, 6.07) is 11.9. The van der Waals surface area contributed by atoms with Gasteiger partial charge in [-0.25, -0.2) is 0 Å². The molecule has 7 heteroatoms. The van der Waals surface area contributed by atoms with Gasteiger partial charge in [-0.2, -0.15) is 0 Å². The van der Waals surface area contributed by atoms with Crippen LogP contribution in [0.25, 0.3) is 10.8 Å². The number of hydrogen-bond acceptors (Lipinski definition) is 7. The zero-order valence-corrected chi connectivity index (χ0v) is 15.9. The van der Waals surface area contributed by atoms with Gasteiger partial charge in [-0.05, 0) is 17.5 Å². The number of ether oxygens (including phenoxy) is 5. The summed E-state index contributed by atoms with van der Waals surface area (Å²) in [6.07, 6.45) is -0.538. The van der Waals surface area contributed by atoms with Crippen LogP contribution in [0.15, 0.2) is 36.4 Å². The van der Waals surface area contributed by atoms with Gasteiger partial charge in [0.15, 0.2) is 6.29 Å². The normalized spacial score (nSPS) is 11.4. The highest BCUT2D eigenvalue weighted by Gasteiger charge is 2.17. The Bertz CT molecular complexity index is 654. The van der Waals surface area contributed by atoms with Crippen molar-refractivity contribution in [3.05, 3.63) is 42.0 Å². The standard InChI is InChI=1S/C20H30N2O5/c1-23-19-7-6-18(16-4-2-3-5-17(16)19)20(26-14-12-24-10-8-21)27-15-13-25-11-9-22/h2-7,20H,8-15,21-22H2,1H3. The summed E-state index contributed by atoms with van der Waals surface area (Å²) in [6.45, 7) is 3.69. The highest BCUT2D eigenvalue weighted by atomic mass is 16.7. The van der Waals surface area contributed by atoms with Crippen molar-refractivity contribution in [2.24, 2.45) is 11.5 Å². The fraction of sp³-hybridized carbons (Fsp3) is 0.500. The molecule has 0 saturated heterocycles. The van der Waals surface area contributed by atoms with Gasteiger partial charge in [-0.15, -0.1) is 0 Å².